The lowest BCUT2D eigenvalue weighted by molar-refractivity contribution is -0.137. The number of rotatable bonds is 11. The number of aliphatic carboxylic acids is 1. The van der Waals surface area contributed by atoms with Crippen molar-refractivity contribution in [2.45, 2.75) is 58.0 Å². The Kier molecular flexibility index (Phi) is 8.99. The summed E-state index contributed by atoms with van der Waals surface area (Å²) in [4.78, 5) is 16.3. The van der Waals surface area contributed by atoms with Crippen LogP contribution in [0, 0.1) is 0 Å². The van der Waals surface area contributed by atoms with Crippen molar-refractivity contribution in [2.75, 3.05) is 0 Å². The molecular formula is C24H26BrNO3S2. The van der Waals surface area contributed by atoms with Crippen molar-refractivity contribution in [3.63, 3.8) is 0 Å². The molecule has 0 aliphatic rings. The molecule has 4 nitrogen and oxygen atoms in total. The topological polar surface area (TPSA) is 59.4 Å². The number of thiocarbonyl (C=S) groups is 1. The third-order valence-electron chi connectivity index (χ3n) is 5.08. The SMILES string of the molecule is CCCCCCc1ccc2sc(C(CC(=O)O)C(=S)OCc3ccccc3)nc2c1Br. The minimum Gasteiger partial charge on any atom is -0.482 e. The Morgan fingerprint density at radius 3 is 2.68 bits per heavy atom. The van der Waals surface area contributed by atoms with E-state index in [1.54, 1.807) is 0 Å². The number of benzene rings is 2. The number of thiazole rings is 1. The molecule has 7 heteroatoms. The number of aryl methyl sites for hydroxylation is 1. The minimum atomic E-state index is -0.925. The standard InChI is InChI=1S/C24H26BrNO3S2/c1-2-3-4-8-11-17-12-13-19-22(21(17)25)26-23(31-19)18(14-20(27)28)24(30)29-15-16-9-6-5-7-10-16/h5-7,9-10,12-13,18H,2-4,8,11,14-15H2,1H3,(H,27,28). The van der Waals surface area contributed by atoms with Crippen molar-refractivity contribution in [2.24, 2.45) is 0 Å². The van der Waals surface area contributed by atoms with E-state index in [1.165, 1.54) is 36.2 Å². The number of hydrogen-bond acceptors (Lipinski definition) is 5. The van der Waals surface area contributed by atoms with Crippen molar-refractivity contribution in [1.82, 2.24) is 4.98 Å². The van der Waals surface area contributed by atoms with Gasteiger partial charge in [-0.05, 0) is 58.2 Å². The van der Waals surface area contributed by atoms with Crippen LogP contribution in [0.3, 0.4) is 0 Å². The predicted octanol–water partition coefficient (Wildman–Crippen LogP) is 7.28. The van der Waals surface area contributed by atoms with Crippen LogP contribution in [0.2, 0.25) is 0 Å². The van der Waals surface area contributed by atoms with E-state index in [1.807, 2.05) is 30.3 Å². The van der Waals surface area contributed by atoms with E-state index in [2.05, 4.69) is 35.0 Å². The van der Waals surface area contributed by atoms with Crippen molar-refractivity contribution in [3.05, 3.63) is 63.1 Å². The maximum absolute atomic E-state index is 11.5. The summed E-state index contributed by atoms with van der Waals surface area (Å²) in [5.74, 6) is -1.49. The molecule has 0 aliphatic carbocycles. The van der Waals surface area contributed by atoms with Gasteiger partial charge in [-0.25, -0.2) is 4.98 Å². The zero-order chi connectivity index (χ0) is 22.2. The third kappa shape index (κ3) is 6.57. The molecule has 0 amide bonds. The number of carboxylic acid groups (broad SMARTS) is 1. The van der Waals surface area contributed by atoms with Gasteiger partial charge in [0.1, 0.15) is 11.6 Å². The summed E-state index contributed by atoms with van der Waals surface area (Å²) in [5, 5.41) is 10.4. The number of nitrogens with zero attached hydrogens (tertiary/aromatic N) is 1. The van der Waals surface area contributed by atoms with Gasteiger partial charge in [0, 0.05) is 4.47 Å². The molecule has 31 heavy (non-hydrogen) atoms. The molecule has 0 saturated carbocycles. The zero-order valence-electron chi connectivity index (χ0n) is 17.5. The summed E-state index contributed by atoms with van der Waals surface area (Å²) < 4.78 is 7.80. The van der Waals surface area contributed by atoms with Crippen LogP contribution in [0.1, 0.15) is 61.1 Å². The molecule has 164 valence electrons. The largest absolute Gasteiger partial charge is 0.482 e. The number of carbonyl (C=O) groups is 1. The molecule has 0 bridgehead atoms. The molecule has 0 spiro atoms. The van der Waals surface area contributed by atoms with Gasteiger partial charge < -0.3 is 9.84 Å². The van der Waals surface area contributed by atoms with E-state index < -0.39 is 11.9 Å². The molecule has 1 aromatic heterocycles. The second-order valence-corrected chi connectivity index (χ2v) is 9.75. The fourth-order valence-corrected chi connectivity index (χ4v) is 5.55. The van der Waals surface area contributed by atoms with Crippen LogP contribution in [-0.2, 0) is 22.6 Å². The summed E-state index contributed by atoms with van der Waals surface area (Å²) in [7, 11) is 0. The lowest BCUT2D eigenvalue weighted by atomic mass is 10.1. The smallest absolute Gasteiger partial charge is 0.304 e. The summed E-state index contributed by atoms with van der Waals surface area (Å²) in [5.41, 5.74) is 3.09. The lowest BCUT2D eigenvalue weighted by Crippen LogP contribution is -2.17. The summed E-state index contributed by atoms with van der Waals surface area (Å²) in [6.45, 7) is 2.52. The first-order chi connectivity index (χ1) is 15.0. The highest BCUT2D eigenvalue weighted by atomic mass is 79.9. The number of aromatic nitrogens is 1. The van der Waals surface area contributed by atoms with Crippen LogP contribution in [0.4, 0.5) is 0 Å². The van der Waals surface area contributed by atoms with Gasteiger partial charge in [0.2, 0.25) is 0 Å². The Bertz CT molecular complexity index is 1040. The quantitative estimate of drug-likeness (QED) is 0.213. The van der Waals surface area contributed by atoms with Crippen LogP contribution in [0.15, 0.2) is 46.9 Å². The summed E-state index contributed by atoms with van der Waals surface area (Å²) in [6, 6.07) is 13.9. The first kappa shape index (κ1) is 23.8. The molecule has 3 aromatic rings. The van der Waals surface area contributed by atoms with Gasteiger partial charge in [0.25, 0.3) is 0 Å². The van der Waals surface area contributed by atoms with E-state index in [0.29, 0.717) is 11.6 Å². The van der Waals surface area contributed by atoms with Crippen molar-refractivity contribution >= 4 is 60.7 Å². The van der Waals surface area contributed by atoms with Gasteiger partial charge in [-0.3, -0.25) is 4.79 Å². The highest BCUT2D eigenvalue weighted by molar-refractivity contribution is 9.10. The lowest BCUT2D eigenvalue weighted by Gasteiger charge is -2.15. The van der Waals surface area contributed by atoms with Crippen molar-refractivity contribution in [1.29, 1.82) is 0 Å². The molecule has 1 unspecified atom stereocenters. The van der Waals surface area contributed by atoms with Crippen LogP contribution in [0.25, 0.3) is 10.2 Å². The minimum absolute atomic E-state index is 0.144. The van der Waals surface area contributed by atoms with E-state index in [9.17, 15) is 9.90 Å². The van der Waals surface area contributed by atoms with E-state index >= 15 is 0 Å². The van der Waals surface area contributed by atoms with Crippen LogP contribution in [0.5, 0.6) is 0 Å². The molecule has 1 N–H and O–H groups in total. The fourth-order valence-electron chi connectivity index (χ4n) is 3.38. The first-order valence-electron chi connectivity index (χ1n) is 10.5. The Morgan fingerprint density at radius 2 is 1.97 bits per heavy atom. The van der Waals surface area contributed by atoms with Gasteiger partial charge in [-0.2, -0.15) is 0 Å². The Morgan fingerprint density at radius 1 is 1.19 bits per heavy atom. The molecule has 3 rings (SSSR count). The monoisotopic (exact) mass is 519 g/mol. The summed E-state index contributed by atoms with van der Waals surface area (Å²) in [6.07, 6.45) is 5.69. The molecule has 1 atom stereocenters. The number of fused-ring (bicyclic) bond motifs is 1. The third-order valence-corrected chi connectivity index (χ3v) is 7.50. The maximum atomic E-state index is 11.5. The summed E-state index contributed by atoms with van der Waals surface area (Å²) >= 11 is 10.7. The van der Waals surface area contributed by atoms with Crippen LogP contribution < -0.4 is 0 Å². The number of unbranched alkanes of at least 4 members (excludes halogenated alkanes) is 3. The van der Waals surface area contributed by atoms with Gasteiger partial charge >= 0.3 is 5.97 Å². The van der Waals surface area contributed by atoms with E-state index in [-0.39, 0.29) is 11.5 Å². The first-order valence-corrected chi connectivity index (χ1v) is 12.5. The second-order valence-electron chi connectivity index (χ2n) is 7.49. The highest BCUT2D eigenvalue weighted by Crippen LogP contribution is 2.36. The van der Waals surface area contributed by atoms with Crippen molar-refractivity contribution < 1.29 is 14.6 Å². The van der Waals surface area contributed by atoms with Crippen LogP contribution >= 0.6 is 39.5 Å². The number of ether oxygens (including phenoxy) is 1. The Labute approximate surface area is 200 Å². The van der Waals surface area contributed by atoms with Gasteiger partial charge in [0.15, 0.2) is 5.05 Å². The fraction of sp³-hybridized carbons (Fsp3) is 0.375. The van der Waals surface area contributed by atoms with Gasteiger partial charge in [-0.1, -0.05) is 62.6 Å². The maximum Gasteiger partial charge on any atom is 0.304 e. The Balaban J connectivity index is 1.80. The normalized spacial score (nSPS) is 12.1. The van der Waals surface area contributed by atoms with Crippen LogP contribution in [-0.4, -0.2) is 21.1 Å². The van der Waals surface area contributed by atoms with Gasteiger partial charge in [0.05, 0.1) is 22.6 Å². The second kappa shape index (κ2) is 11.7. The number of halogens is 1. The Hall–Kier alpha value is -1.83. The molecule has 0 radical (unpaired) electrons. The predicted molar refractivity (Wildman–Crippen MR) is 134 cm³/mol. The van der Waals surface area contributed by atoms with Gasteiger partial charge in [-0.15, -0.1) is 11.3 Å². The number of hydrogen-bond donors (Lipinski definition) is 1. The molecular weight excluding hydrogens is 494 g/mol. The molecule has 1 heterocycles. The average molecular weight is 521 g/mol. The molecule has 0 saturated heterocycles. The average Bonchev–Trinajstić information content (AvgIpc) is 3.20. The van der Waals surface area contributed by atoms with Crippen molar-refractivity contribution in [3.8, 4) is 0 Å². The number of carboxylic acids is 1. The zero-order valence-corrected chi connectivity index (χ0v) is 20.7. The molecule has 0 aliphatic heterocycles. The van der Waals surface area contributed by atoms with E-state index in [0.717, 1.165) is 33.1 Å². The highest BCUT2D eigenvalue weighted by Gasteiger charge is 2.26. The molecule has 0 fully saturated rings. The molecule has 2 aromatic carbocycles. The van der Waals surface area contributed by atoms with E-state index in [4.69, 9.17) is 21.9 Å².